The van der Waals surface area contributed by atoms with Gasteiger partial charge in [0.1, 0.15) is 12.6 Å². The fourth-order valence-electron chi connectivity index (χ4n) is 1.67. The smallest absolute Gasteiger partial charge is 0.322 e. The van der Waals surface area contributed by atoms with Crippen LogP contribution < -0.4 is 33.2 Å². The molecule has 13 heteroatoms. The molecule has 0 aromatic rings. The Kier molecular flexibility index (Phi) is 9.95. The van der Waals surface area contributed by atoms with Gasteiger partial charge in [0.25, 0.3) is 0 Å². The van der Waals surface area contributed by atoms with Crippen molar-refractivity contribution in [3.63, 3.8) is 0 Å². The summed E-state index contributed by atoms with van der Waals surface area (Å²) >= 11 is 0. The molecule has 2 atom stereocenters. The van der Waals surface area contributed by atoms with Crippen LogP contribution in [0.2, 0.25) is 0 Å². The van der Waals surface area contributed by atoms with Crippen molar-refractivity contribution in [2.75, 3.05) is 13.1 Å². The minimum atomic E-state index is -1.30. The second kappa shape index (κ2) is 11.4. The zero-order valence-electron chi connectivity index (χ0n) is 13.8. The minimum absolute atomic E-state index is 0.174. The number of nitrogens with one attached hydrogen (secondary N) is 3. The summed E-state index contributed by atoms with van der Waals surface area (Å²) in [6.45, 7) is -1.18. The van der Waals surface area contributed by atoms with Crippen LogP contribution in [-0.2, 0) is 28.8 Å². The van der Waals surface area contributed by atoms with E-state index in [2.05, 4.69) is 10.6 Å². The summed E-state index contributed by atoms with van der Waals surface area (Å²) in [6, 6.07) is -2.54. The number of hydrogen-bond donors (Lipinski definition) is 7. The molecule has 0 aliphatic rings. The van der Waals surface area contributed by atoms with E-state index in [1.165, 1.54) is 0 Å². The van der Waals surface area contributed by atoms with Crippen molar-refractivity contribution in [1.82, 2.24) is 16.0 Å². The van der Waals surface area contributed by atoms with E-state index in [9.17, 15) is 28.8 Å². The molecular formula is C13H22N6O7. The molecule has 0 aromatic carbocycles. The van der Waals surface area contributed by atoms with E-state index in [4.69, 9.17) is 22.3 Å². The molecule has 5 amide bonds. The number of carbonyl (C=O) groups excluding carboxylic acids is 5. The molecule has 10 N–H and O–H groups in total. The normalized spacial score (nSPS) is 12.3. The first-order valence-corrected chi connectivity index (χ1v) is 7.41. The van der Waals surface area contributed by atoms with Gasteiger partial charge in [-0.15, -0.1) is 0 Å². The number of nitrogens with two attached hydrogens (primary N) is 3. The number of hydrogen-bond acceptors (Lipinski definition) is 7. The van der Waals surface area contributed by atoms with Crippen LogP contribution in [0.4, 0.5) is 0 Å². The first-order chi connectivity index (χ1) is 12.0. The SMILES string of the molecule is NC(=O)CCC(NC(=O)C(N)CC(N)=O)C(=O)NCC(=O)NCC(=O)O. The zero-order valence-corrected chi connectivity index (χ0v) is 13.8. The van der Waals surface area contributed by atoms with Gasteiger partial charge in [-0.05, 0) is 6.42 Å². The molecule has 0 bridgehead atoms. The first kappa shape index (κ1) is 22.8. The monoisotopic (exact) mass is 374 g/mol. The highest BCUT2D eigenvalue weighted by molar-refractivity contribution is 5.93. The standard InChI is InChI=1S/C13H22N6O7/c14-6(3-9(16)21)12(25)19-7(1-2-8(15)20)13(26)18-4-10(22)17-5-11(23)24/h6-7H,1-5,14H2,(H2,15,20)(H2,16,21)(H,17,22)(H,18,26)(H,19,25)(H,23,24). The number of aliphatic carboxylic acids is 1. The molecule has 26 heavy (non-hydrogen) atoms. The highest BCUT2D eigenvalue weighted by Gasteiger charge is 2.25. The second-order valence-corrected chi connectivity index (χ2v) is 5.23. The Bertz CT molecular complexity index is 579. The van der Waals surface area contributed by atoms with Crippen LogP contribution in [-0.4, -0.2) is 65.8 Å². The van der Waals surface area contributed by atoms with Crippen molar-refractivity contribution in [3.05, 3.63) is 0 Å². The first-order valence-electron chi connectivity index (χ1n) is 7.41. The predicted molar refractivity (Wildman–Crippen MR) is 85.8 cm³/mol. The van der Waals surface area contributed by atoms with Gasteiger partial charge in [0, 0.05) is 6.42 Å². The lowest BCUT2D eigenvalue weighted by atomic mass is 10.1. The van der Waals surface area contributed by atoms with Gasteiger partial charge < -0.3 is 38.3 Å². The summed E-state index contributed by atoms with van der Waals surface area (Å²) in [5, 5.41) is 14.9. The summed E-state index contributed by atoms with van der Waals surface area (Å²) in [5.41, 5.74) is 15.4. The van der Waals surface area contributed by atoms with Crippen molar-refractivity contribution in [2.45, 2.75) is 31.3 Å². The Balaban J connectivity index is 4.73. The molecule has 0 rings (SSSR count). The van der Waals surface area contributed by atoms with Gasteiger partial charge in [-0.25, -0.2) is 0 Å². The summed E-state index contributed by atoms with van der Waals surface area (Å²) in [4.78, 5) is 67.3. The fourth-order valence-corrected chi connectivity index (χ4v) is 1.67. The van der Waals surface area contributed by atoms with E-state index in [-0.39, 0.29) is 12.8 Å². The van der Waals surface area contributed by atoms with Crippen molar-refractivity contribution >= 4 is 35.5 Å². The Morgan fingerprint density at radius 3 is 2.00 bits per heavy atom. The lowest BCUT2D eigenvalue weighted by Gasteiger charge is -2.19. The summed E-state index contributed by atoms with van der Waals surface area (Å²) in [6.07, 6.45) is -0.866. The highest BCUT2D eigenvalue weighted by Crippen LogP contribution is 1.99. The predicted octanol–water partition coefficient (Wildman–Crippen LogP) is -4.74. The third-order valence-corrected chi connectivity index (χ3v) is 2.93. The number of rotatable bonds is 12. The van der Waals surface area contributed by atoms with Gasteiger partial charge in [0.2, 0.25) is 29.5 Å². The van der Waals surface area contributed by atoms with Crippen molar-refractivity contribution in [3.8, 4) is 0 Å². The van der Waals surface area contributed by atoms with Crippen LogP contribution in [0.25, 0.3) is 0 Å². The molecule has 0 fully saturated rings. The Morgan fingerprint density at radius 1 is 0.885 bits per heavy atom. The van der Waals surface area contributed by atoms with E-state index in [0.717, 1.165) is 0 Å². The van der Waals surface area contributed by atoms with Crippen LogP contribution in [0, 0.1) is 0 Å². The fraction of sp³-hybridized carbons (Fsp3) is 0.538. The van der Waals surface area contributed by atoms with Gasteiger partial charge in [-0.3, -0.25) is 28.8 Å². The quantitative estimate of drug-likeness (QED) is 0.174. The molecular weight excluding hydrogens is 352 g/mol. The van der Waals surface area contributed by atoms with Gasteiger partial charge in [0.05, 0.1) is 19.0 Å². The van der Waals surface area contributed by atoms with Crippen LogP contribution in [0.5, 0.6) is 0 Å². The summed E-state index contributed by atoms with van der Waals surface area (Å²) < 4.78 is 0. The zero-order chi connectivity index (χ0) is 20.3. The molecule has 0 heterocycles. The van der Waals surface area contributed by atoms with Crippen molar-refractivity contribution < 1.29 is 33.9 Å². The molecule has 0 saturated carbocycles. The molecule has 0 radical (unpaired) electrons. The molecule has 0 aliphatic carbocycles. The number of carboxylic acid groups (broad SMARTS) is 1. The van der Waals surface area contributed by atoms with Crippen molar-refractivity contribution in [1.29, 1.82) is 0 Å². The molecule has 2 unspecified atom stereocenters. The number of carboxylic acids is 1. The molecule has 0 saturated heterocycles. The average Bonchev–Trinajstić information content (AvgIpc) is 2.53. The van der Waals surface area contributed by atoms with Crippen LogP contribution in [0.3, 0.4) is 0 Å². The molecule has 0 aliphatic heterocycles. The van der Waals surface area contributed by atoms with Gasteiger partial charge in [-0.2, -0.15) is 0 Å². The lowest BCUT2D eigenvalue weighted by Crippen LogP contribution is -2.53. The molecule has 0 aromatic heterocycles. The van der Waals surface area contributed by atoms with E-state index in [1.54, 1.807) is 0 Å². The lowest BCUT2D eigenvalue weighted by molar-refractivity contribution is -0.138. The summed E-state index contributed by atoms with van der Waals surface area (Å²) in [7, 11) is 0. The number of amides is 5. The minimum Gasteiger partial charge on any atom is -0.480 e. The molecule has 13 nitrogen and oxygen atoms in total. The number of carbonyl (C=O) groups is 6. The Hall–Kier alpha value is -3.22. The highest BCUT2D eigenvalue weighted by atomic mass is 16.4. The van der Waals surface area contributed by atoms with Gasteiger partial charge >= 0.3 is 5.97 Å². The summed E-state index contributed by atoms with van der Waals surface area (Å²) in [5.74, 6) is -5.26. The van der Waals surface area contributed by atoms with Gasteiger partial charge in [-0.1, -0.05) is 0 Å². The van der Waals surface area contributed by atoms with Gasteiger partial charge in [0.15, 0.2) is 0 Å². The Morgan fingerprint density at radius 2 is 1.50 bits per heavy atom. The average molecular weight is 374 g/mol. The van der Waals surface area contributed by atoms with Crippen LogP contribution >= 0.6 is 0 Å². The molecule has 0 spiro atoms. The van der Waals surface area contributed by atoms with Crippen LogP contribution in [0.1, 0.15) is 19.3 Å². The Labute approximate surface area is 148 Å². The van der Waals surface area contributed by atoms with Crippen LogP contribution in [0.15, 0.2) is 0 Å². The van der Waals surface area contributed by atoms with Crippen molar-refractivity contribution in [2.24, 2.45) is 17.2 Å². The van der Waals surface area contributed by atoms with E-state index < -0.39 is 67.1 Å². The largest absolute Gasteiger partial charge is 0.480 e. The third-order valence-electron chi connectivity index (χ3n) is 2.93. The number of primary amides is 2. The second-order valence-electron chi connectivity index (χ2n) is 5.23. The molecule has 146 valence electrons. The maximum atomic E-state index is 12.1. The topological polar surface area (TPSA) is 237 Å². The maximum absolute atomic E-state index is 12.1. The van der Waals surface area contributed by atoms with E-state index in [0.29, 0.717) is 0 Å². The third kappa shape index (κ3) is 10.5. The maximum Gasteiger partial charge on any atom is 0.322 e. The van der Waals surface area contributed by atoms with E-state index >= 15 is 0 Å². The van der Waals surface area contributed by atoms with E-state index in [1.807, 2.05) is 5.32 Å².